The Bertz CT molecular complexity index is 1050. The average Bonchev–Trinajstić information content (AvgIpc) is 3.03. The molecule has 9 heteroatoms. The molecule has 1 fully saturated rings. The molecule has 0 saturated carbocycles. The van der Waals surface area contributed by atoms with Crippen LogP contribution in [0.1, 0.15) is 49.2 Å². The molecule has 8 nitrogen and oxygen atoms in total. The van der Waals surface area contributed by atoms with Crippen LogP contribution in [0.2, 0.25) is 0 Å². The monoisotopic (exact) mass is 467 g/mol. The maximum absolute atomic E-state index is 12.3. The van der Waals surface area contributed by atoms with Gasteiger partial charge in [0, 0.05) is 6.54 Å². The predicted octanol–water partition coefficient (Wildman–Crippen LogP) is 4.12. The largest absolute Gasteiger partial charge is 0.507 e. The van der Waals surface area contributed by atoms with Gasteiger partial charge >= 0.3 is 19.2 Å². The van der Waals surface area contributed by atoms with Crippen LogP contribution in [-0.2, 0) is 25.4 Å². The summed E-state index contributed by atoms with van der Waals surface area (Å²) in [7, 11) is 0.500. The number of amides is 1. The predicted molar refractivity (Wildman–Crippen MR) is 128 cm³/mol. The number of ether oxygens (including phenoxy) is 2. The van der Waals surface area contributed by atoms with E-state index in [0.717, 1.165) is 5.56 Å². The molecule has 0 bridgehead atoms. The molecule has 0 unspecified atom stereocenters. The van der Waals surface area contributed by atoms with Crippen LogP contribution in [0.25, 0.3) is 6.08 Å². The van der Waals surface area contributed by atoms with Gasteiger partial charge < -0.3 is 29.2 Å². The Hall–Kier alpha value is -3.30. The first-order valence-corrected chi connectivity index (χ1v) is 10.9. The van der Waals surface area contributed by atoms with Crippen molar-refractivity contribution in [2.75, 3.05) is 13.7 Å². The van der Waals surface area contributed by atoms with Crippen LogP contribution in [0.15, 0.2) is 54.0 Å². The van der Waals surface area contributed by atoms with Crippen LogP contribution >= 0.6 is 0 Å². The number of rotatable bonds is 7. The smallest absolute Gasteiger partial charge is 0.492 e. The van der Waals surface area contributed by atoms with Crippen molar-refractivity contribution >= 4 is 25.3 Å². The number of aromatic hydroxyl groups is 1. The molecule has 2 aromatic carbocycles. The molecule has 1 aliphatic heterocycles. The van der Waals surface area contributed by atoms with E-state index < -0.39 is 30.4 Å². The van der Waals surface area contributed by atoms with E-state index in [1.807, 2.05) is 58.0 Å². The molecule has 1 aliphatic rings. The van der Waals surface area contributed by atoms with Gasteiger partial charge in [0.25, 0.3) is 0 Å². The topological polar surface area (TPSA) is 103 Å². The summed E-state index contributed by atoms with van der Waals surface area (Å²) in [5, 5.41) is 12.7. The molecule has 0 spiro atoms. The van der Waals surface area contributed by atoms with Crippen molar-refractivity contribution in [2.45, 2.75) is 45.5 Å². The second kappa shape index (κ2) is 10.3. The molecular weight excluding hydrogens is 437 g/mol. The molecule has 0 radical (unpaired) electrons. The lowest BCUT2D eigenvalue weighted by molar-refractivity contribution is 0.00578. The lowest BCUT2D eigenvalue weighted by Crippen LogP contribution is -2.41. The average molecular weight is 467 g/mol. The molecular formula is C25H30BNO7. The second-order valence-corrected chi connectivity index (χ2v) is 8.99. The number of nitrogens with one attached hydrogen (secondary N) is 1. The first kappa shape index (κ1) is 25.3. The van der Waals surface area contributed by atoms with Gasteiger partial charge in [-0.3, -0.25) is 0 Å². The number of hydrogen-bond donors (Lipinski definition) is 2. The van der Waals surface area contributed by atoms with Gasteiger partial charge in [-0.15, -0.1) is 0 Å². The summed E-state index contributed by atoms with van der Waals surface area (Å²) in [5.41, 5.74) is 0.936. The zero-order valence-corrected chi connectivity index (χ0v) is 20.1. The number of carbonyl (C=O) groups excluding carboxylic acids is 2. The third-order valence-electron chi connectivity index (χ3n) is 5.98. The standard InChI is InChI=1S/C25H30BNO7/c1-24(2)25(3,4)34-26(33-24)19(13-18-11-12-21(28)20(14-18)22(29)31-5)15-27-23(30)32-16-17-9-7-6-8-10-17/h6-14,28H,15-16H2,1-5H3,(H,27,30). The molecule has 0 aliphatic carbocycles. The van der Waals surface area contributed by atoms with Crippen molar-refractivity contribution in [3.63, 3.8) is 0 Å². The fourth-order valence-corrected chi connectivity index (χ4v) is 3.28. The Labute approximate surface area is 200 Å². The van der Waals surface area contributed by atoms with Crippen molar-refractivity contribution in [3.05, 3.63) is 70.7 Å². The fourth-order valence-electron chi connectivity index (χ4n) is 3.28. The van der Waals surface area contributed by atoms with E-state index in [2.05, 4.69) is 5.32 Å². The molecule has 1 saturated heterocycles. The molecule has 0 aromatic heterocycles. The number of benzene rings is 2. The van der Waals surface area contributed by atoms with Gasteiger partial charge in [-0.1, -0.05) is 42.5 Å². The fraction of sp³-hybridized carbons (Fsp3) is 0.360. The maximum atomic E-state index is 12.3. The quantitative estimate of drug-likeness (QED) is 0.467. The van der Waals surface area contributed by atoms with Gasteiger partial charge in [0.15, 0.2) is 0 Å². The molecule has 2 aromatic rings. The number of methoxy groups -OCH3 is 1. The van der Waals surface area contributed by atoms with Gasteiger partial charge in [-0.2, -0.15) is 0 Å². The van der Waals surface area contributed by atoms with Crippen molar-refractivity contribution in [1.82, 2.24) is 5.32 Å². The molecule has 180 valence electrons. The van der Waals surface area contributed by atoms with E-state index in [1.165, 1.54) is 19.2 Å². The van der Waals surface area contributed by atoms with Crippen LogP contribution in [0.3, 0.4) is 0 Å². The van der Waals surface area contributed by atoms with E-state index in [-0.39, 0.29) is 24.5 Å². The van der Waals surface area contributed by atoms with Gasteiger partial charge in [0.1, 0.15) is 17.9 Å². The van der Waals surface area contributed by atoms with E-state index in [9.17, 15) is 14.7 Å². The first-order chi connectivity index (χ1) is 16.0. The summed E-state index contributed by atoms with van der Waals surface area (Å²) in [5.74, 6) is -0.851. The highest BCUT2D eigenvalue weighted by atomic mass is 16.7. The third kappa shape index (κ3) is 5.98. The van der Waals surface area contributed by atoms with Crippen molar-refractivity contribution in [3.8, 4) is 5.75 Å². The number of carbonyl (C=O) groups is 2. The van der Waals surface area contributed by atoms with Crippen LogP contribution in [0.5, 0.6) is 5.75 Å². The van der Waals surface area contributed by atoms with Gasteiger partial charge in [-0.25, -0.2) is 9.59 Å². The van der Waals surface area contributed by atoms with Gasteiger partial charge in [0.05, 0.1) is 18.3 Å². The Balaban J connectivity index is 1.80. The number of phenols is 1. The minimum Gasteiger partial charge on any atom is -0.507 e. The van der Waals surface area contributed by atoms with Crippen molar-refractivity contribution < 1.29 is 33.5 Å². The van der Waals surface area contributed by atoms with E-state index >= 15 is 0 Å². The van der Waals surface area contributed by atoms with E-state index in [1.54, 1.807) is 12.1 Å². The minimum absolute atomic E-state index is 0.0275. The number of esters is 1. The van der Waals surface area contributed by atoms with E-state index in [4.69, 9.17) is 18.8 Å². The Kier molecular flexibility index (Phi) is 7.69. The molecule has 3 rings (SSSR count). The summed E-state index contributed by atoms with van der Waals surface area (Å²) in [6.07, 6.45) is 1.15. The first-order valence-electron chi connectivity index (χ1n) is 10.9. The lowest BCUT2D eigenvalue weighted by Gasteiger charge is -2.32. The molecule has 1 heterocycles. The Morgan fingerprint density at radius 3 is 2.32 bits per heavy atom. The molecule has 0 atom stereocenters. The SMILES string of the molecule is COC(=O)c1cc(C=C(CNC(=O)OCc2ccccc2)B2OC(C)(C)C(C)(C)O2)ccc1O. The van der Waals surface area contributed by atoms with Crippen molar-refractivity contribution in [2.24, 2.45) is 0 Å². The zero-order chi connectivity index (χ0) is 24.9. The zero-order valence-electron chi connectivity index (χ0n) is 20.1. The van der Waals surface area contributed by atoms with E-state index in [0.29, 0.717) is 11.0 Å². The highest BCUT2D eigenvalue weighted by Crippen LogP contribution is 2.38. The normalized spacial score (nSPS) is 16.7. The number of hydrogen-bond acceptors (Lipinski definition) is 7. The Morgan fingerprint density at radius 1 is 1.06 bits per heavy atom. The van der Waals surface area contributed by atoms with Gasteiger partial charge in [0.2, 0.25) is 0 Å². The lowest BCUT2D eigenvalue weighted by atomic mass is 9.77. The Morgan fingerprint density at radius 2 is 1.71 bits per heavy atom. The summed E-state index contributed by atoms with van der Waals surface area (Å²) in [4.78, 5) is 24.3. The van der Waals surface area contributed by atoms with Crippen molar-refractivity contribution in [1.29, 1.82) is 0 Å². The maximum Gasteiger partial charge on any atom is 0.492 e. The summed E-state index contributed by atoms with van der Waals surface area (Å²) in [6.45, 7) is 7.95. The highest BCUT2D eigenvalue weighted by Gasteiger charge is 2.52. The molecule has 2 N–H and O–H groups in total. The second-order valence-electron chi connectivity index (χ2n) is 8.99. The summed E-state index contributed by atoms with van der Waals surface area (Å²) >= 11 is 0. The van der Waals surface area contributed by atoms with Crippen LogP contribution in [-0.4, -0.2) is 49.1 Å². The van der Waals surface area contributed by atoms with Gasteiger partial charge in [-0.05, 0) is 56.4 Å². The molecule has 34 heavy (non-hydrogen) atoms. The summed E-state index contributed by atoms with van der Waals surface area (Å²) in [6, 6.07) is 13.9. The number of alkyl carbamates (subject to hydrolysis) is 1. The third-order valence-corrected chi connectivity index (χ3v) is 5.98. The minimum atomic E-state index is -0.741. The van der Waals surface area contributed by atoms with Crippen LogP contribution in [0.4, 0.5) is 4.79 Å². The number of phenolic OH excluding ortho intramolecular Hbond substituents is 1. The van der Waals surface area contributed by atoms with Crippen LogP contribution < -0.4 is 5.32 Å². The molecule has 1 amide bonds. The summed E-state index contributed by atoms with van der Waals surface area (Å²) < 4.78 is 22.4. The van der Waals surface area contributed by atoms with Crippen LogP contribution in [0, 0.1) is 0 Å². The highest BCUT2D eigenvalue weighted by molar-refractivity contribution is 6.56.